The second-order valence-electron chi connectivity index (χ2n) is 16.2. The number of carboxylic acids is 1. The quantitative estimate of drug-likeness (QED) is 0.0332. The fourth-order valence-electron chi connectivity index (χ4n) is 7.10. The molecule has 0 unspecified atom stereocenters. The molecule has 3 amide bonds. The van der Waals surface area contributed by atoms with Crippen molar-refractivity contribution in [2.24, 2.45) is 5.73 Å². The van der Waals surface area contributed by atoms with E-state index in [1.165, 1.54) is 16.5 Å². The van der Waals surface area contributed by atoms with Crippen LogP contribution in [0.3, 0.4) is 0 Å². The molecular formula is C46H57BrFN9O12. The number of hydrogen-bond donors (Lipinski definition) is 4. The molecule has 23 heteroatoms. The van der Waals surface area contributed by atoms with Crippen molar-refractivity contribution in [3.05, 3.63) is 64.4 Å². The van der Waals surface area contributed by atoms with Gasteiger partial charge in [0.1, 0.15) is 65.7 Å². The number of carboxylic acid groups (broad SMARTS) is 1. The van der Waals surface area contributed by atoms with Gasteiger partial charge in [-0.2, -0.15) is 5.10 Å². The Hall–Kier alpha value is -5.98. The van der Waals surface area contributed by atoms with Crippen LogP contribution < -0.4 is 16.4 Å². The maximum atomic E-state index is 14.7. The lowest BCUT2D eigenvalue weighted by molar-refractivity contribution is -0.139. The second-order valence-corrected chi connectivity index (χ2v) is 17.0. The number of ether oxygens (including phenoxy) is 4. The van der Waals surface area contributed by atoms with E-state index in [4.69, 9.17) is 29.8 Å². The maximum Gasteiger partial charge on any atom is 0.320 e. The van der Waals surface area contributed by atoms with Gasteiger partial charge in [-0.3, -0.25) is 38.2 Å². The van der Waals surface area contributed by atoms with Crippen molar-refractivity contribution in [1.29, 1.82) is 0 Å². The van der Waals surface area contributed by atoms with E-state index in [2.05, 4.69) is 46.6 Å². The normalized spacial score (nSPS) is 15.0. The third kappa shape index (κ3) is 17.2. The lowest BCUT2D eigenvalue weighted by Gasteiger charge is -2.24. The third-order valence-corrected chi connectivity index (χ3v) is 11.3. The number of amides is 3. The summed E-state index contributed by atoms with van der Waals surface area (Å²) in [6.45, 7) is 3.90. The van der Waals surface area contributed by atoms with Crippen LogP contribution in [-0.2, 0) is 60.7 Å². The van der Waals surface area contributed by atoms with Gasteiger partial charge >= 0.3 is 5.97 Å². The smallest absolute Gasteiger partial charge is 0.320 e. The highest BCUT2D eigenvalue weighted by molar-refractivity contribution is 9.10. The van der Waals surface area contributed by atoms with Crippen LogP contribution >= 0.6 is 15.9 Å². The Morgan fingerprint density at radius 1 is 0.899 bits per heavy atom. The van der Waals surface area contributed by atoms with Crippen molar-refractivity contribution in [2.75, 3.05) is 71.3 Å². The first-order valence-electron chi connectivity index (χ1n) is 22.4. The Labute approximate surface area is 405 Å². The number of halogens is 2. The number of carbonyl (C=O) groups excluding carboxylic acids is 6. The minimum absolute atomic E-state index is 0.0753. The van der Waals surface area contributed by atoms with Crippen LogP contribution in [0.4, 0.5) is 10.2 Å². The number of rotatable bonds is 30. The zero-order valence-electron chi connectivity index (χ0n) is 38.5. The SMILES string of the molecule is CC(=O)c1nn(CC(=O)N2C[C@H](F)C[C@H]2C(=O)Nc2nc(Br)ccc2C)c2ccc(-c3cnc(CCC(=O)COCCOCCNC(=O)COCCOCCCC(=O)CC[C@H](N)C(=O)O)nc3)cc12. The van der Waals surface area contributed by atoms with E-state index in [9.17, 15) is 38.0 Å². The van der Waals surface area contributed by atoms with E-state index in [1.54, 1.807) is 49.6 Å². The summed E-state index contributed by atoms with van der Waals surface area (Å²) >= 11 is 3.28. The summed E-state index contributed by atoms with van der Waals surface area (Å²) in [5.41, 5.74) is 8.02. The summed E-state index contributed by atoms with van der Waals surface area (Å²) in [7, 11) is 0. The first-order valence-corrected chi connectivity index (χ1v) is 23.2. The largest absolute Gasteiger partial charge is 0.480 e. The summed E-state index contributed by atoms with van der Waals surface area (Å²) in [6.07, 6.45) is 3.03. The number of anilines is 1. The molecule has 5 rings (SSSR count). The number of nitrogens with zero attached hydrogens (tertiary/aromatic N) is 6. The molecule has 5 N–H and O–H groups in total. The topological polar surface area (TPSA) is 286 Å². The van der Waals surface area contributed by atoms with Crippen LogP contribution in [0.5, 0.6) is 0 Å². The zero-order chi connectivity index (χ0) is 49.9. The molecule has 4 heterocycles. The number of aryl methyl sites for hydroxylation is 2. The highest BCUT2D eigenvalue weighted by Crippen LogP contribution is 2.28. The molecule has 0 aliphatic carbocycles. The van der Waals surface area contributed by atoms with Crippen molar-refractivity contribution in [1.82, 2.24) is 34.9 Å². The molecule has 372 valence electrons. The van der Waals surface area contributed by atoms with Gasteiger partial charge in [-0.15, -0.1) is 0 Å². The fraction of sp³-hybridized carbons (Fsp3) is 0.500. The summed E-state index contributed by atoms with van der Waals surface area (Å²) in [6, 6.07) is 6.61. The summed E-state index contributed by atoms with van der Waals surface area (Å²) in [5, 5.41) is 19.0. The van der Waals surface area contributed by atoms with Gasteiger partial charge in [-0.25, -0.2) is 19.3 Å². The van der Waals surface area contributed by atoms with Gasteiger partial charge in [0.05, 0.1) is 45.1 Å². The van der Waals surface area contributed by atoms with E-state index in [-0.39, 0.29) is 133 Å². The lowest BCUT2D eigenvalue weighted by atomic mass is 10.0. The van der Waals surface area contributed by atoms with Crippen molar-refractivity contribution in [3.63, 3.8) is 0 Å². The van der Waals surface area contributed by atoms with Crippen LogP contribution in [0.1, 0.15) is 67.3 Å². The van der Waals surface area contributed by atoms with Gasteiger partial charge in [0, 0.05) is 75.5 Å². The number of aromatic nitrogens is 5. The average Bonchev–Trinajstić information content (AvgIpc) is 3.90. The number of alkyl halides is 1. The molecule has 1 aromatic carbocycles. The number of Topliss-reactive ketones (excluding diaryl/α,β-unsaturated/α-hetero) is 3. The standard InChI is InChI=1S/C46H57BrFN9O12/c1-28-5-11-39(47)53-44(28)54-45(63)38-21-32(48)24-56(38)42(62)25-57-37-10-6-30(20-35(37)43(55-57)29(2)58)31-22-51-40(52-23-31)12-8-34(60)26-68-18-17-67-15-13-50-41(61)27-69-19-16-66-14-3-4-33(59)7-9-36(49)46(64)65/h5-6,10-11,20,22-23,32,36,38H,3-4,7-9,12-19,21,24-27,49H2,1-2H3,(H,50,61)(H,64,65)(H,53,54,63)/t32-,36+,38+/m1/s1. The molecule has 21 nitrogen and oxygen atoms in total. The molecule has 0 spiro atoms. The molecular weight excluding hydrogens is 969 g/mol. The van der Waals surface area contributed by atoms with Gasteiger partial charge in [0.2, 0.25) is 17.7 Å². The Morgan fingerprint density at radius 3 is 2.33 bits per heavy atom. The molecule has 3 atom stereocenters. The first-order chi connectivity index (χ1) is 33.1. The fourth-order valence-corrected chi connectivity index (χ4v) is 7.41. The molecule has 0 saturated carbocycles. The molecule has 3 aromatic heterocycles. The molecule has 1 aliphatic heterocycles. The predicted octanol–water partition coefficient (Wildman–Crippen LogP) is 2.97. The zero-order valence-corrected chi connectivity index (χ0v) is 40.0. The number of carbonyl (C=O) groups is 7. The monoisotopic (exact) mass is 1030 g/mol. The summed E-state index contributed by atoms with van der Waals surface area (Å²) in [4.78, 5) is 101. The number of nitrogens with one attached hydrogen (secondary N) is 2. The molecule has 1 saturated heterocycles. The van der Waals surface area contributed by atoms with Crippen molar-refractivity contribution < 1.29 is 62.0 Å². The number of pyridine rings is 1. The summed E-state index contributed by atoms with van der Waals surface area (Å²) in [5.74, 6) is -2.37. The van der Waals surface area contributed by atoms with Crippen LogP contribution in [0.2, 0.25) is 0 Å². The first kappa shape index (κ1) is 54.0. The van der Waals surface area contributed by atoms with Gasteiger partial charge in [-0.05, 0) is 65.0 Å². The van der Waals surface area contributed by atoms with Crippen LogP contribution in [0.15, 0.2) is 47.3 Å². The van der Waals surface area contributed by atoms with Crippen LogP contribution in [0, 0.1) is 6.92 Å². The maximum absolute atomic E-state index is 14.7. The van der Waals surface area contributed by atoms with Crippen LogP contribution in [0.25, 0.3) is 22.0 Å². The van der Waals surface area contributed by atoms with Gasteiger partial charge in [-0.1, -0.05) is 12.1 Å². The van der Waals surface area contributed by atoms with Gasteiger partial charge < -0.3 is 45.3 Å². The number of hydrogen-bond acceptors (Lipinski definition) is 16. The molecule has 69 heavy (non-hydrogen) atoms. The van der Waals surface area contributed by atoms with E-state index in [0.29, 0.717) is 56.9 Å². The third-order valence-electron chi connectivity index (χ3n) is 10.8. The Kier molecular flexibility index (Phi) is 21.3. The minimum atomic E-state index is -1.40. The number of fused-ring (bicyclic) bond motifs is 1. The van der Waals surface area contributed by atoms with Gasteiger partial charge in [0.25, 0.3) is 0 Å². The van der Waals surface area contributed by atoms with E-state index < -0.39 is 36.0 Å². The average molecular weight is 1030 g/mol. The molecule has 0 radical (unpaired) electrons. The van der Waals surface area contributed by atoms with E-state index in [1.807, 2.05) is 0 Å². The van der Waals surface area contributed by atoms with E-state index in [0.717, 1.165) is 0 Å². The number of aliphatic carboxylic acids is 1. The van der Waals surface area contributed by atoms with Crippen LogP contribution in [-0.4, -0.2) is 160 Å². The van der Waals surface area contributed by atoms with Gasteiger partial charge in [0.15, 0.2) is 11.6 Å². The highest BCUT2D eigenvalue weighted by atomic mass is 79.9. The number of benzene rings is 1. The molecule has 1 fully saturated rings. The Bertz CT molecular complexity index is 2440. The number of likely N-dealkylation sites (tertiary alicyclic amines) is 1. The molecule has 0 bridgehead atoms. The van der Waals surface area contributed by atoms with Crippen molar-refractivity contribution >= 4 is 73.7 Å². The minimum Gasteiger partial charge on any atom is -0.480 e. The molecule has 1 aliphatic rings. The van der Waals surface area contributed by atoms with Crippen molar-refractivity contribution in [2.45, 2.75) is 83.6 Å². The Balaban J connectivity index is 0.958. The van der Waals surface area contributed by atoms with Crippen molar-refractivity contribution in [3.8, 4) is 11.1 Å². The lowest BCUT2D eigenvalue weighted by Crippen LogP contribution is -2.44. The van der Waals surface area contributed by atoms with E-state index >= 15 is 0 Å². The number of ketones is 3. The number of nitrogens with two attached hydrogens (primary N) is 1. The second kappa shape index (κ2) is 27.3. The Morgan fingerprint density at radius 2 is 1.61 bits per heavy atom. The summed E-state index contributed by atoms with van der Waals surface area (Å²) < 4.78 is 38.1. The highest BCUT2D eigenvalue weighted by Gasteiger charge is 2.40. The molecule has 4 aromatic rings. The predicted molar refractivity (Wildman–Crippen MR) is 250 cm³/mol.